The maximum absolute atomic E-state index is 12.3. The number of amides is 1. The summed E-state index contributed by atoms with van der Waals surface area (Å²) in [6.45, 7) is 1.29. The minimum atomic E-state index is -0.0941. The Hall–Kier alpha value is -2.56. The van der Waals surface area contributed by atoms with Crippen LogP contribution in [0.4, 0.5) is 5.69 Å². The molecule has 1 aromatic carbocycles. The highest BCUT2D eigenvalue weighted by atomic mass is 16.2. The van der Waals surface area contributed by atoms with Crippen LogP contribution in [0.25, 0.3) is 5.57 Å². The molecule has 0 unspecified atom stereocenters. The molecule has 3 N–H and O–H groups in total. The Morgan fingerprint density at radius 2 is 2.10 bits per heavy atom. The van der Waals surface area contributed by atoms with Crippen LogP contribution in [0.2, 0.25) is 0 Å². The minimum absolute atomic E-state index is 0.0941. The normalized spacial score (nSPS) is 15.0. The summed E-state index contributed by atoms with van der Waals surface area (Å²) in [4.78, 5) is 14.0. The van der Waals surface area contributed by atoms with Gasteiger partial charge < -0.3 is 10.6 Å². The van der Waals surface area contributed by atoms with Crippen molar-refractivity contribution < 1.29 is 4.79 Å². The SMILES string of the molecule is Nc1cn[nH]c1C(=O)N1CC=C(c2ccccc2)CC1. The molecule has 5 heteroatoms. The highest BCUT2D eigenvalue weighted by Crippen LogP contribution is 2.23. The molecule has 1 aliphatic heterocycles. The van der Waals surface area contributed by atoms with Crippen molar-refractivity contribution in [2.24, 2.45) is 0 Å². The molecule has 0 saturated heterocycles. The number of H-pyrrole nitrogens is 1. The number of nitrogens with zero attached hydrogens (tertiary/aromatic N) is 2. The molecule has 0 fully saturated rings. The van der Waals surface area contributed by atoms with E-state index in [1.807, 2.05) is 18.2 Å². The molecule has 1 amide bonds. The fraction of sp³-hybridized carbons (Fsp3) is 0.200. The van der Waals surface area contributed by atoms with E-state index in [9.17, 15) is 4.79 Å². The summed E-state index contributed by atoms with van der Waals surface area (Å²) in [5, 5.41) is 6.45. The zero-order valence-electron chi connectivity index (χ0n) is 11.0. The van der Waals surface area contributed by atoms with Gasteiger partial charge in [0.25, 0.3) is 5.91 Å². The molecule has 2 heterocycles. The van der Waals surface area contributed by atoms with Crippen LogP contribution in [0.3, 0.4) is 0 Å². The monoisotopic (exact) mass is 268 g/mol. The third-order valence-corrected chi connectivity index (χ3v) is 3.52. The highest BCUT2D eigenvalue weighted by Gasteiger charge is 2.22. The second-order valence-electron chi connectivity index (χ2n) is 4.80. The van der Waals surface area contributed by atoms with Crippen LogP contribution >= 0.6 is 0 Å². The number of carbonyl (C=O) groups is 1. The summed E-state index contributed by atoms with van der Waals surface area (Å²) < 4.78 is 0. The van der Waals surface area contributed by atoms with E-state index in [0.717, 1.165) is 6.42 Å². The molecule has 0 bridgehead atoms. The van der Waals surface area contributed by atoms with Crippen LogP contribution in [0.5, 0.6) is 0 Å². The molecule has 102 valence electrons. The van der Waals surface area contributed by atoms with E-state index in [2.05, 4.69) is 28.4 Å². The first-order chi connectivity index (χ1) is 9.75. The van der Waals surface area contributed by atoms with Crippen LogP contribution in [0, 0.1) is 0 Å². The van der Waals surface area contributed by atoms with Crippen LogP contribution in [0.1, 0.15) is 22.5 Å². The van der Waals surface area contributed by atoms with Gasteiger partial charge in [0.15, 0.2) is 0 Å². The van der Waals surface area contributed by atoms with Crippen LogP contribution in [-0.2, 0) is 0 Å². The second-order valence-corrected chi connectivity index (χ2v) is 4.80. The third-order valence-electron chi connectivity index (χ3n) is 3.52. The maximum atomic E-state index is 12.3. The number of nitrogen functional groups attached to an aromatic ring is 1. The van der Waals surface area contributed by atoms with Crippen molar-refractivity contribution in [1.29, 1.82) is 0 Å². The van der Waals surface area contributed by atoms with Crippen LogP contribution in [-0.4, -0.2) is 34.1 Å². The Labute approximate surface area is 117 Å². The molecular formula is C15H16N4O. The zero-order chi connectivity index (χ0) is 13.9. The Balaban J connectivity index is 1.74. The summed E-state index contributed by atoms with van der Waals surface area (Å²) in [5.41, 5.74) is 8.99. The summed E-state index contributed by atoms with van der Waals surface area (Å²) in [6, 6.07) is 10.2. The molecule has 0 radical (unpaired) electrons. The first kappa shape index (κ1) is 12.5. The fourth-order valence-corrected chi connectivity index (χ4v) is 2.39. The van der Waals surface area contributed by atoms with E-state index in [-0.39, 0.29) is 5.91 Å². The average molecular weight is 268 g/mol. The topological polar surface area (TPSA) is 75.0 Å². The van der Waals surface area contributed by atoms with Crippen molar-refractivity contribution in [3.63, 3.8) is 0 Å². The van der Waals surface area contributed by atoms with Crippen molar-refractivity contribution >= 4 is 17.2 Å². The molecular weight excluding hydrogens is 252 g/mol. The number of rotatable bonds is 2. The Morgan fingerprint density at radius 3 is 2.70 bits per heavy atom. The van der Waals surface area contributed by atoms with Gasteiger partial charge in [-0.05, 0) is 17.6 Å². The Kier molecular flexibility index (Phi) is 3.25. The van der Waals surface area contributed by atoms with E-state index >= 15 is 0 Å². The Morgan fingerprint density at radius 1 is 1.30 bits per heavy atom. The predicted molar refractivity (Wildman–Crippen MR) is 77.9 cm³/mol. The molecule has 5 nitrogen and oxygen atoms in total. The largest absolute Gasteiger partial charge is 0.396 e. The number of hydrogen-bond donors (Lipinski definition) is 2. The van der Waals surface area contributed by atoms with Crippen molar-refractivity contribution in [2.45, 2.75) is 6.42 Å². The van der Waals surface area contributed by atoms with Crippen molar-refractivity contribution in [3.05, 3.63) is 53.9 Å². The summed E-state index contributed by atoms with van der Waals surface area (Å²) in [7, 11) is 0. The lowest BCUT2D eigenvalue weighted by atomic mass is 9.99. The first-order valence-electron chi connectivity index (χ1n) is 6.58. The lowest BCUT2D eigenvalue weighted by Crippen LogP contribution is -2.35. The van der Waals surface area contributed by atoms with E-state index in [0.29, 0.717) is 24.5 Å². The molecule has 0 spiro atoms. The third kappa shape index (κ3) is 2.30. The smallest absolute Gasteiger partial charge is 0.274 e. The van der Waals surface area contributed by atoms with Gasteiger partial charge in [-0.1, -0.05) is 36.4 Å². The van der Waals surface area contributed by atoms with Crippen molar-refractivity contribution in [1.82, 2.24) is 15.1 Å². The van der Waals surface area contributed by atoms with Gasteiger partial charge in [0, 0.05) is 13.1 Å². The van der Waals surface area contributed by atoms with Gasteiger partial charge in [-0.15, -0.1) is 0 Å². The maximum Gasteiger partial charge on any atom is 0.274 e. The zero-order valence-corrected chi connectivity index (χ0v) is 11.0. The first-order valence-corrected chi connectivity index (χ1v) is 6.58. The van der Waals surface area contributed by atoms with Gasteiger partial charge in [0.05, 0.1) is 11.9 Å². The number of anilines is 1. The molecule has 1 aromatic heterocycles. The fourth-order valence-electron chi connectivity index (χ4n) is 2.39. The molecule has 0 atom stereocenters. The van der Waals surface area contributed by atoms with Gasteiger partial charge in [-0.3, -0.25) is 9.89 Å². The number of hydrogen-bond acceptors (Lipinski definition) is 3. The van der Waals surface area contributed by atoms with Gasteiger partial charge in [-0.25, -0.2) is 0 Å². The van der Waals surface area contributed by atoms with Gasteiger partial charge in [-0.2, -0.15) is 5.10 Å². The number of nitrogens with one attached hydrogen (secondary N) is 1. The lowest BCUT2D eigenvalue weighted by Gasteiger charge is -2.26. The summed E-state index contributed by atoms with van der Waals surface area (Å²) >= 11 is 0. The summed E-state index contributed by atoms with van der Waals surface area (Å²) in [5.74, 6) is -0.0941. The number of carbonyl (C=O) groups excluding carboxylic acids is 1. The number of nitrogens with two attached hydrogens (primary N) is 1. The van der Waals surface area contributed by atoms with Crippen LogP contribution in [0.15, 0.2) is 42.6 Å². The average Bonchev–Trinajstić information content (AvgIpc) is 2.94. The van der Waals surface area contributed by atoms with E-state index in [1.165, 1.54) is 17.3 Å². The second kappa shape index (κ2) is 5.21. The van der Waals surface area contributed by atoms with Crippen LogP contribution < -0.4 is 5.73 Å². The minimum Gasteiger partial charge on any atom is -0.396 e. The molecule has 20 heavy (non-hydrogen) atoms. The molecule has 3 rings (SSSR count). The van der Waals surface area contributed by atoms with Crippen molar-refractivity contribution in [3.8, 4) is 0 Å². The van der Waals surface area contributed by atoms with E-state index in [4.69, 9.17) is 5.73 Å². The molecule has 0 aliphatic carbocycles. The molecule has 2 aromatic rings. The Bertz CT molecular complexity index is 645. The summed E-state index contributed by atoms with van der Waals surface area (Å²) in [6.07, 6.45) is 4.41. The standard InChI is InChI=1S/C15H16N4O/c16-13-10-17-18-14(13)15(20)19-8-6-12(7-9-19)11-4-2-1-3-5-11/h1-6,10H,7-9,16H2,(H,17,18). The van der Waals surface area contributed by atoms with E-state index in [1.54, 1.807) is 4.90 Å². The van der Waals surface area contributed by atoms with Gasteiger partial charge in [0.2, 0.25) is 0 Å². The molecule has 1 aliphatic rings. The van der Waals surface area contributed by atoms with Crippen molar-refractivity contribution in [2.75, 3.05) is 18.8 Å². The number of aromatic nitrogens is 2. The quantitative estimate of drug-likeness (QED) is 0.873. The van der Waals surface area contributed by atoms with E-state index < -0.39 is 0 Å². The number of aromatic amines is 1. The molecule has 0 saturated carbocycles. The predicted octanol–water partition coefficient (Wildman–Crippen LogP) is 1.92. The lowest BCUT2D eigenvalue weighted by molar-refractivity contribution is 0.0768. The van der Waals surface area contributed by atoms with Gasteiger partial charge >= 0.3 is 0 Å². The van der Waals surface area contributed by atoms with Gasteiger partial charge in [0.1, 0.15) is 5.69 Å². The number of benzene rings is 1. The highest BCUT2D eigenvalue weighted by molar-refractivity contribution is 5.97.